The minimum absolute atomic E-state index is 0.223. The van der Waals surface area contributed by atoms with E-state index in [-0.39, 0.29) is 5.91 Å². The predicted octanol–water partition coefficient (Wildman–Crippen LogP) is 6.01. The number of rotatable bonds is 5. The van der Waals surface area contributed by atoms with Crippen LogP contribution in [0, 0.1) is 13.8 Å². The summed E-state index contributed by atoms with van der Waals surface area (Å²) < 4.78 is 11.3. The quantitative estimate of drug-likeness (QED) is 0.588. The van der Waals surface area contributed by atoms with Crippen molar-refractivity contribution in [3.05, 3.63) is 82.4 Å². The molecule has 0 radical (unpaired) electrons. The number of halogens is 1. The Balaban J connectivity index is 1.91. The fourth-order valence-electron chi connectivity index (χ4n) is 2.77. The third kappa shape index (κ3) is 4.41. The van der Waals surface area contributed by atoms with Crippen LogP contribution in [-0.2, 0) is 0 Å². The minimum atomic E-state index is -0.223. The monoisotopic (exact) mass is 381 g/mol. The number of amides is 1. The smallest absolute Gasteiger partial charge is 0.256 e. The second-order valence-electron chi connectivity index (χ2n) is 6.17. The summed E-state index contributed by atoms with van der Waals surface area (Å²) in [5.74, 6) is 1.39. The first-order chi connectivity index (χ1) is 13.0. The van der Waals surface area contributed by atoms with Gasteiger partial charge in [0.15, 0.2) is 17.2 Å². The van der Waals surface area contributed by atoms with Crippen LogP contribution >= 0.6 is 11.6 Å². The summed E-state index contributed by atoms with van der Waals surface area (Å²) >= 11 is 6.13. The summed E-state index contributed by atoms with van der Waals surface area (Å²) in [6.45, 7) is 3.90. The van der Waals surface area contributed by atoms with Crippen LogP contribution in [0.15, 0.2) is 60.7 Å². The van der Waals surface area contributed by atoms with Gasteiger partial charge < -0.3 is 14.8 Å². The van der Waals surface area contributed by atoms with E-state index in [0.29, 0.717) is 33.5 Å². The highest BCUT2D eigenvalue weighted by molar-refractivity contribution is 6.31. The van der Waals surface area contributed by atoms with Crippen molar-refractivity contribution in [2.45, 2.75) is 13.8 Å². The van der Waals surface area contributed by atoms with E-state index in [1.54, 1.807) is 37.4 Å². The van der Waals surface area contributed by atoms with Gasteiger partial charge in [0.05, 0.1) is 12.8 Å². The van der Waals surface area contributed by atoms with Crippen molar-refractivity contribution < 1.29 is 14.3 Å². The Bertz CT molecular complexity index is 985. The third-order valence-electron chi connectivity index (χ3n) is 4.11. The van der Waals surface area contributed by atoms with Gasteiger partial charge in [-0.3, -0.25) is 4.79 Å². The predicted molar refractivity (Wildman–Crippen MR) is 108 cm³/mol. The molecule has 27 heavy (non-hydrogen) atoms. The molecule has 1 N–H and O–H groups in total. The largest absolute Gasteiger partial charge is 0.493 e. The molecule has 3 aromatic carbocycles. The maximum Gasteiger partial charge on any atom is 0.256 e. The van der Waals surface area contributed by atoms with Crippen molar-refractivity contribution in [1.29, 1.82) is 0 Å². The summed E-state index contributed by atoms with van der Waals surface area (Å²) in [6, 6.07) is 18.1. The van der Waals surface area contributed by atoms with E-state index in [1.807, 2.05) is 44.2 Å². The number of nitrogens with one attached hydrogen (secondary N) is 1. The Morgan fingerprint density at radius 1 is 0.926 bits per heavy atom. The first-order valence-electron chi connectivity index (χ1n) is 8.47. The lowest BCUT2D eigenvalue weighted by Gasteiger charge is -2.15. The Kier molecular flexibility index (Phi) is 5.67. The Morgan fingerprint density at radius 3 is 2.37 bits per heavy atom. The topological polar surface area (TPSA) is 47.6 Å². The van der Waals surface area contributed by atoms with Crippen LogP contribution in [0.5, 0.6) is 17.2 Å². The van der Waals surface area contributed by atoms with Gasteiger partial charge in [0.1, 0.15) is 0 Å². The van der Waals surface area contributed by atoms with Crippen molar-refractivity contribution in [2.75, 3.05) is 12.4 Å². The molecule has 0 saturated heterocycles. The molecule has 0 aromatic heterocycles. The molecule has 0 fully saturated rings. The highest BCUT2D eigenvalue weighted by atomic mass is 35.5. The number of carbonyl (C=O) groups excluding carboxylic acids is 1. The minimum Gasteiger partial charge on any atom is -0.493 e. The summed E-state index contributed by atoms with van der Waals surface area (Å²) in [4.78, 5) is 12.8. The van der Waals surface area contributed by atoms with Crippen molar-refractivity contribution in [1.82, 2.24) is 0 Å². The zero-order valence-electron chi connectivity index (χ0n) is 15.4. The van der Waals surface area contributed by atoms with Crippen molar-refractivity contribution in [2.24, 2.45) is 0 Å². The van der Waals surface area contributed by atoms with Crippen molar-refractivity contribution >= 4 is 23.2 Å². The van der Waals surface area contributed by atoms with Crippen LogP contribution in [-0.4, -0.2) is 13.0 Å². The van der Waals surface area contributed by atoms with E-state index in [1.165, 1.54) is 0 Å². The van der Waals surface area contributed by atoms with Crippen molar-refractivity contribution in [3.63, 3.8) is 0 Å². The highest BCUT2D eigenvalue weighted by Gasteiger charge is 2.14. The fourth-order valence-corrected chi connectivity index (χ4v) is 2.94. The SMILES string of the molecule is COc1ccccc1Oc1ccc(Cl)cc1NC(=O)c1ccc(C)cc1C. The number of aryl methyl sites for hydroxylation is 2. The normalized spacial score (nSPS) is 10.4. The molecular formula is C22H20ClNO3. The van der Waals surface area contributed by atoms with Gasteiger partial charge in [0, 0.05) is 10.6 Å². The lowest BCUT2D eigenvalue weighted by atomic mass is 10.1. The van der Waals surface area contributed by atoms with Gasteiger partial charge in [0.2, 0.25) is 0 Å². The Labute approximate surface area is 163 Å². The lowest BCUT2D eigenvalue weighted by molar-refractivity contribution is 0.102. The third-order valence-corrected chi connectivity index (χ3v) is 4.34. The van der Waals surface area contributed by atoms with Gasteiger partial charge in [-0.2, -0.15) is 0 Å². The van der Waals surface area contributed by atoms with Gasteiger partial charge in [0.25, 0.3) is 5.91 Å². The van der Waals surface area contributed by atoms with Crippen LogP contribution in [0.2, 0.25) is 5.02 Å². The van der Waals surface area contributed by atoms with E-state index in [4.69, 9.17) is 21.1 Å². The summed E-state index contributed by atoms with van der Waals surface area (Å²) in [5, 5.41) is 3.39. The molecule has 3 rings (SSSR count). The van der Waals surface area contributed by atoms with Crippen LogP contribution < -0.4 is 14.8 Å². The first kappa shape index (κ1) is 18.8. The molecular weight excluding hydrogens is 362 g/mol. The Morgan fingerprint density at radius 2 is 1.67 bits per heavy atom. The molecule has 138 valence electrons. The molecule has 5 heteroatoms. The zero-order valence-corrected chi connectivity index (χ0v) is 16.1. The average molecular weight is 382 g/mol. The molecule has 0 saturated carbocycles. The van der Waals surface area contributed by atoms with Crippen LogP contribution in [0.25, 0.3) is 0 Å². The van der Waals surface area contributed by atoms with Gasteiger partial charge in [-0.25, -0.2) is 0 Å². The molecule has 0 spiro atoms. The van der Waals surface area contributed by atoms with Crippen molar-refractivity contribution in [3.8, 4) is 17.2 Å². The van der Waals surface area contributed by atoms with Gasteiger partial charge in [-0.15, -0.1) is 0 Å². The number of carbonyl (C=O) groups is 1. The summed E-state index contributed by atoms with van der Waals surface area (Å²) in [5.41, 5.74) is 3.09. The molecule has 0 bridgehead atoms. The van der Waals surface area contributed by atoms with E-state index < -0.39 is 0 Å². The van der Waals surface area contributed by atoms with E-state index >= 15 is 0 Å². The maximum atomic E-state index is 12.8. The number of hydrogen-bond donors (Lipinski definition) is 1. The highest BCUT2D eigenvalue weighted by Crippen LogP contribution is 2.36. The first-order valence-corrected chi connectivity index (χ1v) is 8.85. The molecule has 3 aromatic rings. The molecule has 4 nitrogen and oxygen atoms in total. The fraction of sp³-hybridized carbons (Fsp3) is 0.136. The number of para-hydroxylation sites is 2. The number of anilines is 1. The number of hydrogen-bond acceptors (Lipinski definition) is 3. The molecule has 0 aliphatic heterocycles. The van der Waals surface area contributed by atoms with Gasteiger partial charge >= 0.3 is 0 Å². The molecule has 0 atom stereocenters. The van der Waals surface area contributed by atoms with Crippen LogP contribution in [0.4, 0.5) is 5.69 Å². The summed E-state index contributed by atoms with van der Waals surface area (Å²) in [6.07, 6.45) is 0. The average Bonchev–Trinajstić information content (AvgIpc) is 2.64. The van der Waals surface area contributed by atoms with Gasteiger partial charge in [-0.1, -0.05) is 41.4 Å². The molecule has 0 unspecified atom stereocenters. The number of ether oxygens (including phenoxy) is 2. The Hall–Kier alpha value is -2.98. The van der Waals surface area contributed by atoms with Crippen LogP contribution in [0.1, 0.15) is 21.5 Å². The number of benzene rings is 3. The van der Waals surface area contributed by atoms with Gasteiger partial charge in [-0.05, 0) is 55.8 Å². The van der Waals surface area contributed by atoms with E-state index in [9.17, 15) is 4.79 Å². The molecule has 0 aliphatic carbocycles. The molecule has 0 heterocycles. The molecule has 0 aliphatic rings. The lowest BCUT2D eigenvalue weighted by Crippen LogP contribution is -2.14. The van der Waals surface area contributed by atoms with E-state index in [2.05, 4.69) is 5.32 Å². The second kappa shape index (κ2) is 8.14. The second-order valence-corrected chi connectivity index (χ2v) is 6.60. The number of methoxy groups -OCH3 is 1. The standard InChI is InChI=1S/C22H20ClNO3/c1-14-8-10-17(15(2)12-14)22(25)24-18-13-16(23)9-11-19(18)27-21-7-5-4-6-20(21)26-3/h4-13H,1-3H3,(H,24,25). The maximum absolute atomic E-state index is 12.8. The zero-order chi connectivity index (χ0) is 19.4. The van der Waals surface area contributed by atoms with E-state index in [0.717, 1.165) is 11.1 Å². The summed E-state index contributed by atoms with van der Waals surface area (Å²) in [7, 11) is 1.58. The molecule has 1 amide bonds. The van der Waals surface area contributed by atoms with Crippen LogP contribution in [0.3, 0.4) is 0 Å².